The maximum Gasteiger partial charge on any atom is 0.248 e. The van der Waals surface area contributed by atoms with Crippen molar-refractivity contribution in [2.75, 3.05) is 25.5 Å². The highest BCUT2D eigenvalue weighted by atomic mass is 32.2. The Kier molecular flexibility index (Phi) is 3.71. The molecule has 7 nitrogen and oxygen atoms in total. The average Bonchev–Trinajstić information content (AvgIpc) is 3.03. The number of nitrogen functional groups attached to an aromatic ring is 1. The van der Waals surface area contributed by atoms with Crippen molar-refractivity contribution in [2.24, 2.45) is 13.0 Å². The van der Waals surface area contributed by atoms with Gasteiger partial charge in [-0.15, -0.1) is 0 Å². The Hall–Kier alpha value is -1.12. The topological polar surface area (TPSA) is 90.4 Å². The van der Waals surface area contributed by atoms with E-state index < -0.39 is 10.0 Å². The third-order valence-electron chi connectivity index (χ3n) is 4.29. The largest absolute Gasteiger partial charge is 0.381 e. The Bertz CT molecular complexity index is 630. The number of nitrogens with zero attached hydrogens (tertiary/aromatic N) is 3. The lowest BCUT2D eigenvalue weighted by Gasteiger charge is -2.24. The molecule has 1 aliphatic heterocycles. The van der Waals surface area contributed by atoms with E-state index in [9.17, 15) is 8.42 Å². The summed E-state index contributed by atoms with van der Waals surface area (Å²) in [6, 6.07) is 0.106. The smallest absolute Gasteiger partial charge is 0.248 e. The molecule has 2 heterocycles. The second kappa shape index (κ2) is 5.26. The Morgan fingerprint density at radius 3 is 2.62 bits per heavy atom. The van der Waals surface area contributed by atoms with Crippen LogP contribution in [-0.2, 0) is 21.8 Å². The van der Waals surface area contributed by atoms with Crippen molar-refractivity contribution in [3.8, 4) is 0 Å². The van der Waals surface area contributed by atoms with Gasteiger partial charge in [-0.3, -0.25) is 4.68 Å². The Balaban J connectivity index is 1.93. The molecule has 8 heteroatoms. The normalized spacial score (nSPS) is 23.1. The molecule has 1 aromatic heterocycles. The van der Waals surface area contributed by atoms with Gasteiger partial charge in [-0.2, -0.15) is 9.40 Å². The number of hydrogen-bond donors (Lipinski definition) is 1. The van der Waals surface area contributed by atoms with Gasteiger partial charge < -0.3 is 10.5 Å². The van der Waals surface area contributed by atoms with Crippen molar-refractivity contribution < 1.29 is 13.2 Å². The van der Waals surface area contributed by atoms with E-state index in [0.717, 1.165) is 25.9 Å². The van der Waals surface area contributed by atoms with Gasteiger partial charge in [0, 0.05) is 26.2 Å². The van der Waals surface area contributed by atoms with E-state index in [4.69, 9.17) is 10.5 Å². The zero-order valence-corrected chi connectivity index (χ0v) is 13.3. The Morgan fingerprint density at radius 1 is 1.43 bits per heavy atom. The number of aryl methyl sites for hydroxylation is 1. The SMILES string of the molecule is Cc1c(S(=O)(=O)N(CC2CCOC2)C2CC2)c(N)nn1C. The molecule has 1 aliphatic carbocycles. The maximum absolute atomic E-state index is 13.0. The molecule has 0 amide bonds. The minimum atomic E-state index is -3.60. The van der Waals surface area contributed by atoms with Crippen molar-refractivity contribution >= 4 is 15.8 Å². The van der Waals surface area contributed by atoms with Crippen LogP contribution in [0.15, 0.2) is 4.90 Å². The average molecular weight is 314 g/mol. The van der Waals surface area contributed by atoms with E-state index in [0.29, 0.717) is 18.8 Å². The first-order valence-electron chi connectivity index (χ1n) is 7.30. The first-order valence-corrected chi connectivity index (χ1v) is 8.74. The molecule has 2 aliphatic rings. The van der Waals surface area contributed by atoms with Crippen LogP contribution in [-0.4, -0.2) is 48.3 Å². The van der Waals surface area contributed by atoms with Crippen molar-refractivity contribution in [3.05, 3.63) is 5.69 Å². The number of ether oxygens (including phenoxy) is 1. The molecule has 1 aromatic rings. The lowest BCUT2D eigenvalue weighted by atomic mass is 10.1. The fourth-order valence-electron chi connectivity index (χ4n) is 2.84. The fraction of sp³-hybridized carbons (Fsp3) is 0.769. The highest BCUT2D eigenvalue weighted by Crippen LogP contribution is 2.36. The molecule has 0 radical (unpaired) electrons. The summed E-state index contributed by atoms with van der Waals surface area (Å²) in [6.07, 6.45) is 2.76. The highest BCUT2D eigenvalue weighted by Gasteiger charge is 2.42. The van der Waals surface area contributed by atoms with E-state index >= 15 is 0 Å². The molecule has 21 heavy (non-hydrogen) atoms. The predicted molar refractivity (Wildman–Crippen MR) is 78.2 cm³/mol. The highest BCUT2D eigenvalue weighted by molar-refractivity contribution is 7.89. The molecule has 1 saturated heterocycles. The van der Waals surface area contributed by atoms with Crippen LogP contribution in [0.1, 0.15) is 25.0 Å². The third kappa shape index (κ3) is 2.67. The summed E-state index contributed by atoms with van der Waals surface area (Å²) in [5.74, 6) is 0.363. The first kappa shape index (κ1) is 14.8. The molecule has 1 saturated carbocycles. The predicted octanol–water partition coefficient (Wildman–Crippen LogP) is 0.500. The molecule has 1 unspecified atom stereocenters. The van der Waals surface area contributed by atoms with Crippen molar-refractivity contribution in [2.45, 2.75) is 37.1 Å². The lowest BCUT2D eigenvalue weighted by molar-refractivity contribution is 0.180. The molecule has 0 aromatic carbocycles. The molecule has 2 N–H and O–H groups in total. The van der Waals surface area contributed by atoms with Crippen LogP contribution >= 0.6 is 0 Å². The monoisotopic (exact) mass is 314 g/mol. The summed E-state index contributed by atoms with van der Waals surface area (Å²) < 4.78 is 34.5. The Morgan fingerprint density at radius 2 is 2.14 bits per heavy atom. The number of aromatic nitrogens is 2. The van der Waals surface area contributed by atoms with Gasteiger partial charge in [0.1, 0.15) is 4.90 Å². The molecule has 0 spiro atoms. The van der Waals surface area contributed by atoms with Crippen LogP contribution in [0.3, 0.4) is 0 Å². The number of hydrogen-bond acceptors (Lipinski definition) is 5. The summed E-state index contributed by atoms with van der Waals surface area (Å²) >= 11 is 0. The summed E-state index contributed by atoms with van der Waals surface area (Å²) in [6.45, 7) is 3.61. The van der Waals surface area contributed by atoms with Crippen LogP contribution in [0.2, 0.25) is 0 Å². The molecule has 0 bridgehead atoms. The van der Waals surface area contributed by atoms with Crippen LogP contribution < -0.4 is 5.73 Å². The van der Waals surface area contributed by atoms with Gasteiger partial charge in [0.05, 0.1) is 12.3 Å². The van der Waals surface area contributed by atoms with Gasteiger partial charge in [-0.05, 0) is 32.1 Å². The van der Waals surface area contributed by atoms with E-state index in [-0.39, 0.29) is 22.7 Å². The quantitative estimate of drug-likeness (QED) is 0.854. The second-order valence-electron chi connectivity index (χ2n) is 5.96. The van der Waals surface area contributed by atoms with Crippen molar-refractivity contribution in [3.63, 3.8) is 0 Å². The molecule has 1 atom stereocenters. The van der Waals surface area contributed by atoms with E-state index in [2.05, 4.69) is 5.10 Å². The number of nitrogens with two attached hydrogens (primary N) is 1. The zero-order chi connectivity index (χ0) is 15.2. The van der Waals surface area contributed by atoms with E-state index in [1.54, 1.807) is 18.3 Å². The second-order valence-corrected chi connectivity index (χ2v) is 7.79. The molecule has 3 rings (SSSR count). The fourth-order valence-corrected chi connectivity index (χ4v) is 4.89. The van der Waals surface area contributed by atoms with E-state index in [1.807, 2.05) is 0 Å². The number of rotatable bonds is 5. The zero-order valence-electron chi connectivity index (χ0n) is 12.4. The van der Waals surface area contributed by atoms with Crippen LogP contribution in [0.5, 0.6) is 0 Å². The molecular weight excluding hydrogens is 292 g/mol. The maximum atomic E-state index is 13.0. The summed E-state index contributed by atoms with van der Waals surface area (Å²) in [5.41, 5.74) is 6.42. The van der Waals surface area contributed by atoms with Gasteiger partial charge >= 0.3 is 0 Å². The minimum absolute atomic E-state index is 0.0864. The lowest BCUT2D eigenvalue weighted by Crippen LogP contribution is -2.38. The Labute approximate surface area is 125 Å². The number of sulfonamides is 1. The van der Waals surface area contributed by atoms with Gasteiger partial charge in [0.15, 0.2) is 5.82 Å². The molecular formula is C13H22N4O3S. The van der Waals surface area contributed by atoms with Crippen molar-refractivity contribution in [1.82, 2.24) is 14.1 Å². The van der Waals surface area contributed by atoms with Gasteiger partial charge in [-0.1, -0.05) is 0 Å². The van der Waals surface area contributed by atoms with Crippen LogP contribution in [0.25, 0.3) is 0 Å². The summed E-state index contributed by atoms with van der Waals surface area (Å²) in [4.78, 5) is 0.163. The summed E-state index contributed by atoms with van der Waals surface area (Å²) in [7, 11) is -1.89. The first-order chi connectivity index (χ1) is 9.91. The summed E-state index contributed by atoms with van der Waals surface area (Å²) in [5, 5.41) is 4.03. The van der Waals surface area contributed by atoms with Crippen LogP contribution in [0.4, 0.5) is 5.82 Å². The van der Waals surface area contributed by atoms with Gasteiger partial charge in [-0.25, -0.2) is 8.42 Å². The van der Waals surface area contributed by atoms with Gasteiger partial charge in [0.25, 0.3) is 0 Å². The van der Waals surface area contributed by atoms with Crippen LogP contribution in [0, 0.1) is 12.8 Å². The molecule has 118 valence electrons. The van der Waals surface area contributed by atoms with Crippen molar-refractivity contribution in [1.29, 1.82) is 0 Å². The van der Waals surface area contributed by atoms with Gasteiger partial charge in [0.2, 0.25) is 10.0 Å². The molecule has 2 fully saturated rings. The number of anilines is 1. The van der Waals surface area contributed by atoms with E-state index in [1.165, 1.54) is 4.68 Å². The standard InChI is InChI=1S/C13H22N4O3S/c1-9-12(13(14)15-16(9)2)21(18,19)17(11-3-4-11)7-10-5-6-20-8-10/h10-11H,3-8H2,1-2H3,(H2,14,15). The third-order valence-corrected chi connectivity index (χ3v) is 6.37. The minimum Gasteiger partial charge on any atom is -0.381 e.